The van der Waals surface area contributed by atoms with Crippen molar-refractivity contribution < 1.29 is 14.7 Å². The molecule has 1 fully saturated rings. The molecule has 4 nitrogen and oxygen atoms in total. The summed E-state index contributed by atoms with van der Waals surface area (Å²) in [7, 11) is 0. The molecule has 2 aromatic rings. The molecule has 1 saturated carbocycles. The van der Waals surface area contributed by atoms with Crippen molar-refractivity contribution in [2.75, 3.05) is 11.4 Å². The van der Waals surface area contributed by atoms with Crippen LogP contribution in [0.2, 0.25) is 0 Å². The molecule has 1 aliphatic carbocycles. The van der Waals surface area contributed by atoms with Crippen LogP contribution in [0.3, 0.4) is 0 Å². The highest BCUT2D eigenvalue weighted by molar-refractivity contribution is 6.10. The van der Waals surface area contributed by atoms with Gasteiger partial charge < -0.3 is 10.0 Å². The van der Waals surface area contributed by atoms with E-state index in [1.807, 2.05) is 43.3 Å². The van der Waals surface area contributed by atoms with Crippen LogP contribution in [0.4, 0.5) is 5.69 Å². The number of fused-ring (bicyclic) bond motifs is 1. The molecule has 1 atom stereocenters. The number of carbonyl (C=O) groups excluding carboxylic acids is 2. The zero-order valence-electron chi connectivity index (χ0n) is 16.4. The Morgan fingerprint density at radius 1 is 1.07 bits per heavy atom. The molecule has 0 spiro atoms. The third-order valence-corrected chi connectivity index (χ3v) is 6.28. The first kappa shape index (κ1) is 18.9. The van der Waals surface area contributed by atoms with Crippen molar-refractivity contribution >= 4 is 17.4 Å². The Labute approximate surface area is 166 Å². The van der Waals surface area contributed by atoms with Crippen LogP contribution in [-0.4, -0.2) is 23.3 Å². The second-order valence-corrected chi connectivity index (χ2v) is 7.98. The van der Waals surface area contributed by atoms with E-state index < -0.39 is 11.5 Å². The molecule has 1 N–H and O–H groups in total. The van der Waals surface area contributed by atoms with Gasteiger partial charge in [0, 0.05) is 17.7 Å². The van der Waals surface area contributed by atoms with Gasteiger partial charge in [0.2, 0.25) is 0 Å². The van der Waals surface area contributed by atoms with Gasteiger partial charge in [-0.05, 0) is 37.3 Å². The number of aliphatic hydroxyl groups is 1. The van der Waals surface area contributed by atoms with Crippen LogP contribution >= 0.6 is 0 Å². The Morgan fingerprint density at radius 3 is 2.43 bits per heavy atom. The summed E-state index contributed by atoms with van der Waals surface area (Å²) in [6.07, 6.45) is 6.05. The summed E-state index contributed by atoms with van der Waals surface area (Å²) in [6, 6.07) is 15.0. The lowest BCUT2D eigenvalue weighted by molar-refractivity contribution is -0.135. The fourth-order valence-electron chi connectivity index (χ4n) is 4.70. The van der Waals surface area contributed by atoms with Crippen molar-refractivity contribution in [1.29, 1.82) is 0 Å². The van der Waals surface area contributed by atoms with E-state index in [1.165, 1.54) is 37.7 Å². The molecule has 0 bridgehead atoms. The van der Waals surface area contributed by atoms with Crippen LogP contribution in [0.1, 0.15) is 72.9 Å². The van der Waals surface area contributed by atoms with Crippen molar-refractivity contribution in [2.24, 2.45) is 0 Å². The summed E-state index contributed by atoms with van der Waals surface area (Å²) in [5.41, 5.74) is 1.26. The first-order valence-electron chi connectivity index (χ1n) is 10.3. The molecule has 4 rings (SSSR count). The van der Waals surface area contributed by atoms with E-state index in [2.05, 4.69) is 0 Å². The highest BCUT2D eigenvalue weighted by Crippen LogP contribution is 2.42. The van der Waals surface area contributed by atoms with E-state index in [4.69, 9.17) is 0 Å². The molecule has 2 aliphatic rings. The highest BCUT2D eigenvalue weighted by atomic mass is 16.3. The molecule has 0 aromatic heterocycles. The molecule has 2 aromatic carbocycles. The van der Waals surface area contributed by atoms with Crippen molar-refractivity contribution in [3.63, 3.8) is 0 Å². The fraction of sp³-hybridized carbons (Fsp3) is 0.417. The molecule has 1 aliphatic heterocycles. The predicted molar refractivity (Wildman–Crippen MR) is 110 cm³/mol. The SMILES string of the molecule is CCN1C(=O)[C@@](O)(CC(=O)c2ccc(C3CCCCC3)cc2)c2ccccc21. The van der Waals surface area contributed by atoms with Crippen molar-refractivity contribution in [3.05, 3.63) is 65.2 Å². The van der Waals surface area contributed by atoms with Crippen LogP contribution in [-0.2, 0) is 10.4 Å². The summed E-state index contributed by atoms with van der Waals surface area (Å²) in [5.74, 6) is -0.0364. The fourth-order valence-corrected chi connectivity index (χ4v) is 4.70. The number of benzene rings is 2. The molecular formula is C24H27NO3. The Bertz CT molecular complexity index is 883. The minimum atomic E-state index is -1.79. The van der Waals surface area contributed by atoms with Crippen molar-refractivity contribution in [3.8, 4) is 0 Å². The van der Waals surface area contributed by atoms with Crippen LogP contribution in [0.5, 0.6) is 0 Å². The van der Waals surface area contributed by atoms with Gasteiger partial charge in [-0.25, -0.2) is 0 Å². The van der Waals surface area contributed by atoms with Gasteiger partial charge in [0.25, 0.3) is 5.91 Å². The number of amides is 1. The number of nitrogens with zero attached hydrogens (tertiary/aromatic N) is 1. The maximum absolute atomic E-state index is 12.9. The Kier molecular flexibility index (Phi) is 5.07. The smallest absolute Gasteiger partial charge is 0.264 e. The normalized spacial score (nSPS) is 22.4. The third kappa shape index (κ3) is 3.16. The lowest BCUT2D eigenvalue weighted by Gasteiger charge is -2.23. The molecule has 1 amide bonds. The number of anilines is 1. The van der Waals surface area contributed by atoms with Crippen LogP contribution < -0.4 is 4.90 Å². The number of ketones is 1. The van der Waals surface area contributed by atoms with Crippen molar-refractivity contribution in [2.45, 2.75) is 57.0 Å². The molecule has 1 heterocycles. The average Bonchev–Trinajstić information content (AvgIpc) is 2.95. The Morgan fingerprint density at radius 2 is 1.75 bits per heavy atom. The van der Waals surface area contributed by atoms with Crippen molar-refractivity contribution in [1.82, 2.24) is 0 Å². The summed E-state index contributed by atoms with van der Waals surface area (Å²) in [6.45, 7) is 2.33. The number of rotatable bonds is 5. The van der Waals surface area contributed by atoms with Gasteiger partial charge in [-0.3, -0.25) is 9.59 Å². The first-order chi connectivity index (χ1) is 13.5. The zero-order valence-corrected chi connectivity index (χ0v) is 16.4. The van der Waals surface area contributed by atoms with E-state index in [9.17, 15) is 14.7 Å². The maximum atomic E-state index is 12.9. The van der Waals surface area contributed by atoms with Crippen LogP contribution in [0.15, 0.2) is 48.5 Å². The minimum absolute atomic E-state index is 0.209. The number of Topliss-reactive ketones (excluding diaryl/α,β-unsaturated/α-hetero) is 1. The molecule has 28 heavy (non-hydrogen) atoms. The number of para-hydroxylation sites is 1. The standard InChI is InChI=1S/C24H27NO3/c1-2-25-21-11-7-6-10-20(21)24(28,23(25)27)16-22(26)19-14-12-18(13-15-19)17-8-4-3-5-9-17/h6-7,10-15,17,28H,2-5,8-9,16H2,1H3/t24-/m1/s1. The predicted octanol–water partition coefficient (Wildman–Crippen LogP) is 4.56. The Hall–Kier alpha value is -2.46. The first-order valence-corrected chi connectivity index (χ1v) is 10.3. The molecule has 0 radical (unpaired) electrons. The lowest BCUT2D eigenvalue weighted by Crippen LogP contribution is -2.41. The number of hydrogen-bond acceptors (Lipinski definition) is 3. The van der Waals surface area contributed by atoms with Gasteiger partial charge in [-0.1, -0.05) is 61.7 Å². The zero-order chi connectivity index (χ0) is 19.7. The Balaban J connectivity index is 1.55. The summed E-state index contributed by atoms with van der Waals surface area (Å²) in [4.78, 5) is 27.3. The second-order valence-electron chi connectivity index (χ2n) is 7.98. The molecule has 0 saturated heterocycles. The van der Waals surface area contributed by atoms with Gasteiger partial charge in [-0.2, -0.15) is 0 Å². The summed E-state index contributed by atoms with van der Waals surface area (Å²) >= 11 is 0. The second kappa shape index (κ2) is 7.51. The van der Waals surface area contributed by atoms with Gasteiger partial charge >= 0.3 is 0 Å². The van der Waals surface area contributed by atoms with Crippen LogP contribution in [0.25, 0.3) is 0 Å². The number of carbonyl (C=O) groups is 2. The molecule has 4 heteroatoms. The third-order valence-electron chi connectivity index (χ3n) is 6.28. The quantitative estimate of drug-likeness (QED) is 0.777. The monoisotopic (exact) mass is 377 g/mol. The lowest BCUT2D eigenvalue weighted by atomic mass is 9.83. The molecule has 146 valence electrons. The number of likely N-dealkylation sites (N-methyl/N-ethyl adjacent to an activating group) is 1. The topological polar surface area (TPSA) is 57.6 Å². The van der Waals surface area contributed by atoms with Gasteiger partial charge in [0.05, 0.1) is 12.1 Å². The maximum Gasteiger partial charge on any atom is 0.264 e. The van der Waals surface area contributed by atoms with Crippen LogP contribution in [0, 0.1) is 0 Å². The van der Waals surface area contributed by atoms with E-state index in [0.29, 0.717) is 29.3 Å². The van der Waals surface area contributed by atoms with E-state index in [1.54, 1.807) is 17.0 Å². The van der Waals surface area contributed by atoms with E-state index >= 15 is 0 Å². The highest BCUT2D eigenvalue weighted by Gasteiger charge is 2.50. The largest absolute Gasteiger partial charge is 0.375 e. The van der Waals surface area contributed by atoms with Gasteiger partial charge in [0.15, 0.2) is 11.4 Å². The number of hydrogen-bond donors (Lipinski definition) is 1. The average molecular weight is 377 g/mol. The minimum Gasteiger partial charge on any atom is -0.375 e. The summed E-state index contributed by atoms with van der Waals surface area (Å²) in [5, 5.41) is 11.2. The summed E-state index contributed by atoms with van der Waals surface area (Å²) < 4.78 is 0. The van der Waals surface area contributed by atoms with E-state index in [0.717, 1.165) is 0 Å². The molecule has 0 unspecified atom stereocenters. The molecular weight excluding hydrogens is 350 g/mol. The van der Waals surface area contributed by atoms with Gasteiger partial charge in [-0.15, -0.1) is 0 Å². The van der Waals surface area contributed by atoms with Gasteiger partial charge in [0.1, 0.15) is 0 Å². The van der Waals surface area contributed by atoms with E-state index in [-0.39, 0.29) is 12.2 Å².